The average Bonchev–Trinajstić information content (AvgIpc) is 2.83. The van der Waals surface area contributed by atoms with Crippen LogP contribution in [0.2, 0.25) is 10.0 Å². The van der Waals surface area contributed by atoms with Crippen molar-refractivity contribution in [1.29, 1.82) is 0 Å². The second-order valence-corrected chi connectivity index (χ2v) is 9.11. The minimum Gasteiger partial charge on any atom is -0.491 e. The second-order valence-electron chi connectivity index (χ2n) is 8.27. The van der Waals surface area contributed by atoms with E-state index in [9.17, 15) is 0 Å². The van der Waals surface area contributed by atoms with Crippen molar-refractivity contribution in [3.63, 3.8) is 0 Å². The molecule has 168 valence electrons. The predicted octanol–water partition coefficient (Wildman–Crippen LogP) is 6.21. The van der Waals surface area contributed by atoms with Gasteiger partial charge in [0.1, 0.15) is 12.4 Å². The minimum absolute atomic E-state index is 0.438. The first-order valence-electron chi connectivity index (χ1n) is 11.3. The van der Waals surface area contributed by atoms with Gasteiger partial charge in [0, 0.05) is 43.7 Å². The van der Waals surface area contributed by atoms with Gasteiger partial charge in [0.2, 0.25) is 0 Å². The lowest BCUT2D eigenvalue weighted by molar-refractivity contribution is 0.115. The fourth-order valence-corrected chi connectivity index (χ4v) is 4.78. The van der Waals surface area contributed by atoms with Gasteiger partial charge in [-0.15, -0.1) is 0 Å². The lowest BCUT2D eigenvalue weighted by atomic mass is 9.88. The van der Waals surface area contributed by atoms with Crippen LogP contribution in [0.3, 0.4) is 0 Å². The number of benzene rings is 3. The average molecular weight is 469 g/mol. The largest absolute Gasteiger partial charge is 0.491 e. The van der Waals surface area contributed by atoms with Crippen LogP contribution in [-0.4, -0.2) is 55.7 Å². The summed E-state index contributed by atoms with van der Waals surface area (Å²) in [6.07, 6.45) is 1.13. The van der Waals surface area contributed by atoms with E-state index >= 15 is 0 Å². The van der Waals surface area contributed by atoms with E-state index in [1.807, 2.05) is 6.07 Å². The molecule has 0 unspecified atom stereocenters. The van der Waals surface area contributed by atoms with E-state index in [1.165, 1.54) is 11.1 Å². The predicted molar refractivity (Wildman–Crippen MR) is 134 cm³/mol. The third kappa shape index (κ3) is 6.49. The normalized spacial score (nSPS) is 15.2. The Morgan fingerprint density at radius 3 is 1.84 bits per heavy atom. The van der Waals surface area contributed by atoms with E-state index in [2.05, 4.69) is 70.5 Å². The zero-order valence-corrected chi connectivity index (χ0v) is 19.8. The number of halogens is 2. The lowest BCUT2D eigenvalue weighted by Crippen LogP contribution is -2.47. The highest BCUT2D eigenvalue weighted by molar-refractivity contribution is 6.35. The highest BCUT2D eigenvalue weighted by Crippen LogP contribution is 2.29. The first kappa shape index (κ1) is 23.1. The zero-order chi connectivity index (χ0) is 22.2. The van der Waals surface area contributed by atoms with E-state index in [1.54, 1.807) is 12.1 Å². The summed E-state index contributed by atoms with van der Waals surface area (Å²) in [6, 6.07) is 27.1. The van der Waals surface area contributed by atoms with Crippen LogP contribution in [0, 0.1) is 0 Å². The topological polar surface area (TPSA) is 15.7 Å². The summed E-state index contributed by atoms with van der Waals surface area (Å²) in [5, 5.41) is 1.19. The Balaban J connectivity index is 1.23. The van der Waals surface area contributed by atoms with E-state index in [0.717, 1.165) is 45.7 Å². The number of piperazine rings is 1. The molecular weight excluding hydrogens is 439 g/mol. The van der Waals surface area contributed by atoms with Gasteiger partial charge in [-0.1, -0.05) is 83.9 Å². The molecule has 0 atom stereocenters. The molecule has 0 bridgehead atoms. The number of nitrogens with zero attached hydrogens (tertiary/aromatic N) is 2. The number of hydrogen-bond donors (Lipinski definition) is 0. The van der Waals surface area contributed by atoms with Gasteiger partial charge >= 0.3 is 0 Å². The summed E-state index contributed by atoms with van der Waals surface area (Å²) in [6.45, 7) is 6.97. The maximum atomic E-state index is 6.19. The van der Waals surface area contributed by atoms with Crippen LogP contribution in [0.25, 0.3) is 0 Å². The molecule has 3 aromatic rings. The Bertz CT molecular complexity index is 920. The first-order chi connectivity index (χ1) is 15.7. The molecule has 0 aromatic heterocycles. The van der Waals surface area contributed by atoms with Gasteiger partial charge in [-0.3, -0.25) is 4.90 Å². The van der Waals surface area contributed by atoms with Crippen molar-refractivity contribution in [2.24, 2.45) is 0 Å². The van der Waals surface area contributed by atoms with Crippen LogP contribution in [-0.2, 0) is 0 Å². The van der Waals surface area contributed by atoms with Gasteiger partial charge in [0.25, 0.3) is 0 Å². The molecule has 1 aliphatic rings. The molecule has 1 aliphatic heterocycles. The van der Waals surface area contributed by atoms with Crippen LogP contribution in [0.1, 0.15) is 23.5 Å². The Kier molecular flexibility index (Phi) is 8.47. The molecule has 1 saturated heterocycles. The molecule has 3 nitrogen and oxygen atoms in total. The van der Waals surface area contributed by atoms with Gasteiger partial charge < -0.3 is 9.64 Å². The summed E-state index contributed by atoms with van der Waals surface area (Å²) in [4.78, 5) is 5.05. The molecule has 0 saturated carbocycles. The Morgan fingerprint density at radius 2 is 1.28 bits per heavy atom. The number of hydrogen-bond acceptors (Lipinski definition) is 3. The Labute approximate surface area is 201 Å². The van der Waals surface area contributed by atoms with Crippen molar-refractivity contribution < 1.29 is 4.74 Å². The van der Waals surface area contributed by atoms with Crippen molar-refractivity contribution >= 4 is 23.2 Å². The fraction of sp³-hybridized carbons (Fsp3) is 0.333. The van der Waals surface area contributed by atoms with Crippen molar-refractivity contribution in [2.45, 2.75) is 12.3 Å². The maximum Gasteiger partial charge on any atom is 0.138 e. The van der Waals surface area contributed by atoms with Crippen LogP contribution < -0.4 is 4.74 Å². The van der Waals surface area contributed by atoms with E-state index in [4.69, 9.17) is 27.9 Å². The zero-order valence-electron chi connectivity index (χ0n) is 18.3. The molecule has 0 aliphatic carbocycles. The van der Waals surface area contributed by atoms with Crippen molar-refractivity contribution in [1.82, 2.24) is 9.80 Å². The van der Waals surface area contributed by atoms with Gasteiger partial charge in [-0.25, -0.2) is 0 Å². The summed E-state index contributed by atoms with van der Waals surface area (Å²) in [5.74, 6) is 1.13. The van der Waals surface area contributed by atoms with E-state index < -0.39 is 0 Å². The summed E-state index contributed by atoms with van der Waals surface area (Å²) < 4.78 is 5.85. The molecular formula is C27H30Cl2N2O. The van der Waals surface area contributed by atoms with Crippen molar-refractivity contribution in [3.05, 3.63) is 100 Å². The van der Waals surface area contributed by atoms with Crippen LogP contribution in [0.4, 0.5) is 0 Å². The standard InChI is InChI=1S/C27H30Cl2N2O/c28-24-11-12-27(26(29)21-24)32-20-19-31-17-15-30(16-18-31)14-13-25(22-7-3-1-4-8-22)23-9-5-2-6-10-23/h1-12,21,25H,13-20H2. The van der Waals surface area contributed by atoms with Gasteiger partial charge in [0.15, 0.2) is 0 Å². The van der Waals surface area contributed by atoms with Gasteiger partial charge in [0.05, 0.1) is 5.02 Å². The summed E-state index contributed by atoms with van der Waals surface area (Å²) in [7, 11) is 0. The van der Waals surface area contributed by atoms with E-state index in [-0.39, 0.29) is 0 Å². The lowest BCUT2D eigenvalue weighted by Gasteiger charge is -2.35. The van der Waals surface area contributed by atoms with Gasteiger partial charge in [-0.2, -0.15) is 0 Å². The smallest absolute Gasteiger partial charge is 0.138 e. The highest BCUT2D eigenvalue weighted by Gasteiger charge is 2.20. The maximum absolute atomic E-state index is 6.19. The third-order valence-corrected chi connectivity index (χ3v) is 6.69. The van der Waals surface area contributed by atoms with Gasteiger partial charge in [-0.05, 0) is 42.3 Å². The fourth-order valence-electron chi connectivity index (χ4n) is 4.32. The Hall–Kier alpha value is -2.04. The Morgan fingerprint density at radius 1 is 0.719 bits per heavy atom. The van der Waals surface area contributed by atoms with Crippen LogP contribution in [0.15, 0.2) is 78.9 Å². The molecule has 0 amide bonds. The first-order valence-corrected chi connectivity index (χ1v) is 12.1. The number of ether oxygens (including phenoxy) is 1. The molecule has 1 fully saturated rings. The SMILES string of the molecule is Clc1ccc(OCCN2CCN(CCC(c3ccccc3)c3ccccc3)CC2)c(Cl)c1. The highest BCUT2D eigenvalue weighted by atomic mass is 35.5. The molecule has 0 N–H and O–H groups in total. The summed E-state index contributed by atoms with van der Waals surface area (Å²) >= 11 is 12.1. The minimum atomic E-state index is 0.438. The third-order valence-electron chi connectivity index (χ3n) is 6.16. The number of rotatable bonds is 9. The molecule has 32 heavy (non-hydrogen) atoms. The second kappa shape index (κ2) is 11.7. The molecule has 1 heterocycles. The van der Waals surface area contributed by atoms with Crippen molar-refractivity contribution in [2.75, 3.05) is 45.9 Å². The quantitative estimate of drug-likeness (QED) is 0.371. The van der Waals surface area contributed by atoms with Crippen molar-refractivity contribution in [3.8, 4) is 5.75 Å². The molecule has 0 spiro atoms. The summed E-state index contributed by atoms with van der Waals surface area (Å²) in [5.41, 5.74) is 2.80. The molecule has 3 aromatic carbocycles. The molecule has 5 heteroatoms. The molecule has 0 radical (unpaired) electrons. The van der Waals surface area contributed by atoms with Crippen LogP contribution in [0.5, 0.6) is 5.75 Å². The van der Waals surface area contributed by atoms with Crippen LogP contribution >= 0.6 is 23.2 Å². The monoisotopic (exact) mass is 468 g/mol. The van der Waals surface area contributed by atoms with E-state index in [0.29, 0.717) is 28.3 Å². The molecule has 4 rings (SSSR count).